The van der Waals surface area contributed by atoms with E-state index >= 15 is 0 Å². The molecule has 0 aromatic heterocycles. The molecule has 0 amide bonds. The number of thiol groups is 1. The zero-order chi connectivity index (χ0) is 10.1. The summed E-state index contributed by atoms with van der Waals surface area (Å²) in [5.74, 6) is 0.137. The molecule has 1 aliphatic heterocycles. The Bertz CT molecular complexity index is 287. The van der Waals surface area contributed by atoms with Crippen molar-refractivity contribution in [3.05, 3.63) is 0 Å². The standard InChI is InChI=1S/C7H13NO3S2/c1-6(12)13(10,11)8-4-2-7(9)3-5-8/h6,12H,2-5H2,1H3. The summed E-state index contributed by atoms with van der Waals surface area (Å²) in [6.07, 6.45) is 0.666. The van der Waals surface area contributed by atoms with Crippen molar-refractivity contribution in [1.29, 1.82) is 0 Å². The Labute approximate surface area is 83.8 Å². The summed E-state index contributed by atoms with van der Waals surface area (Å²) in [5.41, 5.74) is 0. The molecule has 0 aromatic carbocycles. The number of carbonyl (C=O) groups excluding carboxylic acids is 1. The first-order valence-electron chi connectivity index (χ1n) is 4.13. The minimum Gasteiger partial charge on any atom is -0.300 e. The fourth-order valence-corrected chi connectivity index (χ4v) is 2.73. The Kier molecular flexibility index (Phi) is 3.37. The Balaban J connectivity index is 2.69. The van der Waals surface area contributed by atoms with Crippen LogP contribution in [-0.2, 0) is 14.8 Å². The molecule has 0 N–H and O–H groups in total. The molecule has 1 aliphatic rings. The van der Waals surface area contributed by atoms with E-state index in [1.807, 2.05) is 0 Å². The minimum absolute atomic E-state index is 0.137. The van der Waals surface area contributed by atoms with Crippen LogP contribution in [0.5, 0.6) is 0 Å². The van der Waals surface area contributed by atoms with Gasteiger partial charge in [0, 0.05) is 25.9 Å². The lowest BCUT2D eigenvalue weighted by atomic mass is 10.1. The van der Waals surface area contributed by atoms with Crippen molar-refractivity contribution in [1.82, 2.24) is 4.31 Å². The van der Waals surface area contributed by atoms with Gasteiger partial charge in [0.15, 0.2) is 0 Å². The zero-order valence-corrected chi connectivity index (χ0v) is 9.14. The largest absolute Gasteiger partial charge is 0.300 e. The summed E-state index contributed by atoms with van der Waals surface area (Å²) in [5, 5.41) is 0. The lowest BCUT2D eigenvalue weighted by Gasteiger charge is -2.26. The molecule has 0 bridgehead atoms. The van der Waals surface area contributed by atoms with Gasteiger partial charge in [0.1, 0.15) is 10.4 Å². The molecule has 0 spiro atoms. The minimum atomic E-state index is -3.28. The van der Waals surface area contributed by atoms with Gasteiger partial charge in [0.25, 0.3) is 0 Å². The van der Waals surface area contributed by atoms with Gasteiger partial charge in [-0.3, -0.25) is 4.79 Å². The Morgan fingerprint density at radius 2 is 1.85 bits per heavy atom. The van der Waals surface area contributed by atoms with Crippen LogP contribution in [0.1, 0.15) is 19.8 Å². The van der Waals surface area contributed by atoms with Crippen LogP contribution in [0.15, 0.2) is 0 Å². The van der Waals surface area contributed by atoms with Crippen molar-refractivity contribution in [2.45, 2.75) is 24.3 Å². The highest BCUT2D eigenvalue weighted by Crippen LogP contribution is 2.16. The summed E-state index contributed by atoms with van der Waals surface area (Å²) in [6, 6.07) is 0. The van der Waals surface area contributed by atoms with Crippen molar-refractivity contribution in [2.24, 2.45) is 0 Å². The Morgan fingerprint density at radius 1 is 1.38 bits per heavy atom. The molecular formula is C7H13NO3S2. The zero-order valence-electron chi connectivity index (χ0n) is 7.43. The van der Waals surface area contributed by atoms with Crippen LogP contribution in [0.4, 0.5) is 0 Å². The van der Waals surface area contributed by atoms with E-state index in [1.165, 1.54) is 11.2 Å². The van der Waals surface area contributed by atoms with Crippen molar-refractivity contribution in [2.75, 3.05) is 13.1 Å². The number of carbonyl (C=O) groups is 1. The number of nitrogens with zero attached hydrogens (tertiary/aromatic N) is 1. The van der Waals surface area contributed by atoms with E-state index in [-0.39, 0.29) is 5.78 Å². The molecular weight excluding hydrogens is 210 g/mol. The molecule has 1 rings (SSSR count). The van der Waals surface area contributed by atoms with Crippen LogP contribution in [0.25, 0.3) is 0 Å². The summed E-state index contributed by atoms with van der Waals surface area (Å²) < 4.78 is 23.7. The van der Waals surface area contributed by atoms with E-state index in [4.69, 9.17) is 0 Å². The number of ketones is 1. The molecule has 1 unspecified atom stereocenters. The second-order valence-electron chi connectivity index (χ2n) is 3.08. The molecule has 1 fully saturated rings. The fourth-order valence-electron chi connectivity index (χ4n) is 1.21. The number of rotatable bonds is 2. The number of hydrogen-bond donors (Lipinski definition) is 1. The number of hydrogen-bond acceptors (Lipinski definition) is 4. The van der Waals surface area contributed by atoms with Crippen molar-refractivity contribution < 1.29 is 13.2 Å². The number of sulfonamides is 1. The first kappa shape index (κ1) is 11.0. The molecule has 0 aromatic rings. The van der Waals surface area contributed by atoms with Crippen molar-refractivity contribution >= 4 is 28.4 Å². The van der Waals surface area contributed by atoms with Gasteiger partial charge in [-0.25, -0.2) is 12.7 Å². The van der Waals surface area contributed by atoms with Crippen LogP contribution in [-0.4, -0.2) is 36.2 Å². The van der Waals surface area contributed by atoms with Gasteiger partial charge in [0.2, 0.25) is 10.0 Å². The molecule has 13 heavy (non-hydrogen) atoms. The molecule has 0 aliphatic carbocycles. The van der Waals surface area contributed by atoms with Crippen LogP contribution < -0.4 is 0 Å². The SMILES string of the molecule is CC(S)S(=O)(=O)N1CCC(=O)CC1. The lowest BCUT2D eigenvalue weighted by Crippen LogP contribution is -2.41. The van der Waals surface area contributed by atoms with Crippen LogP contribution >= 0.6 is 12.6 Å². The van der Waals surface area contributed by atoms with Crippen molar-refractivity contribution in [3.63, 3.8) is 0 Å². The summed E-state index contributed by atoms with van der Waals surface area (Å²) >= 11 is 3.90. The first-order chi connectivity index (χ1) is 5.94. The van der Waals surface area contributed by atoms with Gasteiger partial charge in [-0.2, -0.15) is 12.6 Å². The molecule has 1 saturated heterocycles. The first-order valence-corrected chi connectivity index (χ1v) is 6.15. The van der Waals surface area contributed by atoms with Gasteiger partial charge < -0.3 is 0 Å². The molecule has 1 atom stereocenters. The van der Waals surface area contributed by atoms with Gasteiger partial charge in [-0.05, 0) is 6.92 Å². The lowest BCUT2D eigenvalue weighted by molar-refractivity contribution is -0.120. The molecule has 0 radical (unpaired) electrons. The van der Waals surface area contributed by atoms with E-state index in [2.05, 4.69) is 12.6 Å². The van der Waals surface area contributed by atoms with Gasteiger partial charge in [-0.15, -0.1) is 0 Å². The maximum atomic E-state index is 11.5. The Hall–Kier alpha value is -0.0700. The summed E-state index contributed by atoms with van der Waals surface area (Å²) in [6.45, 7) is 2.15. The summed E-state index contributed by atoms with van der Waals surface area (Å²) in [7, 11) is -3.28. The second-order valence-corrected chi connectivity index (χ2v) is 6.46. The van der Waals surface area contributed by atoms with E-state index in [1.54, 1.807) is 0 Å². The third kappa shape index (κ3) is 2.45. The maximum Gasteiger partial charge on any atom is 0.225 e. The van der Waals surface area contributed by atoms with Gasteiger partial charge in [0.05, 0.1) is 0 Å². The van der Waals surface area contributed by atoms with Crippen LogP contribution in [0.3, 0.4) is 0 Å². The van der Waals surface area contributed by atoms with Crippen molar-refractivity contribution in [3.8, 4) is 0 Å². The predicted molar refractivity (Wildman–Crippen MR) is 53.2 cm³/mol. The molecule has 1 heterocycles. The maximum absolute atomic E-state index is 11.5. The quantitative estimate of drug-likeness (QED) is 0.683. The summed E-state index contributed by atoms with van der Waals surface area (Å²) in [4.78, 5) is 10.9. The topological polar surface area (TPSA) is 54.5 Å². The van der Waals surface area contributed by atoms with Crippen LogP contribution in [0, 0.1) is 0 Å². The smallest absolute Gasteiger partial charge is 0.225 e. The monoisotopic (exact) mass is 223 g/mol. The number of Topliss-reactive ketones (excluding diaryl/α,β-unsaturated/α-hetero) is 1. The van der Waals surface area contributed by atoms with E-state index < -0.39 is 14.6 Å². The van der Waals surface area contributed by atoms with Gasteiger partial charge >= 0.3 is 0 Å². The van der Waals surface area contributed by atoms with E-state index in [9.17, 15) is 13.2 Å². The molecule has 76 valence electrons. The highest BCUT2D eigenvalue weighted by molar-refractivity contribution is 8.03. The number of piperidine rings is 1. The third-order valence-electron chi connectivity index (χ3n) is 2.07. The average Bonchev–Trinajstić information content (AvgIpc) is 2.04. The van der Waals surface area contributed by atoms with E-state index in [0.717, 1.165) is 0 Å². The fraction of sp³-hybridized carbons (Fsp3) is 0.857. The Morgan fingerprint density at radius 3 is 2.23 bits per heavy atom. The highest BCUT2D eigenvalue weighted by Gasteiger charge is 2.29. The highest BCUT2D eigenvalue weighted by atomic mass is 32.3. The third-order valence-corrected chi connectivity index (χ3v) is 4.82. The second kappa shape index (κ2) is 3.98. The average molecular weight is 223 g/mol. The van der Waals surface area contributed by atoms with E-state index in [0.29, 0.717) is 25.9 Å². The van der Waals surface area contributed by atoms with Crippen LogP contribution in [0.2, 0.25) is 0 Å². The molecule has 0 saturated carbocycles. The normalized spacial score (nSPS) is 23.1. The van der Waals surface area contributed by atoms with Gasteiger partial charge in [-0.1, -0.05) is 0 Å². The molecule has 4 nitrogen and oxygen atoms in total. The molecule has 6 heteroatoms. The predicted octanol–water partition coefficient (Wildman–Crippen LogP) is 0.257.